The lowest BCUT2D eigenvalue weighted by Crippen LogP contribution is -1.94. The highest BCUT2D eigenvalue weighted by atomic mass is 79.9. The van der Waals surface area contributed by atoms with Gasteiger partial charge in [-0.2, -0.15) is 5.26 Å². The fourth-order valence-corrected chi connectivity index (χ4v) is 1.88. The third-order valence-corrected chi connectivity index (χ3v) is 3.04. The molecule has 2 rings (SSSR count). The highest BCUT2D eigenvalue weighted by Crippen LogP contribution is 2.34. The van der Waals surface area contributed by atoms with Gasteiger partial charge in [0.15, 0.2) is 17.4 Å². The van der Waals surface area contributed by atoms with E-state index in [2.05, 4.69) is 15.9 Å². The molecule has 0 amide bonds. The van der Waals surface area contributed by atoms with E-state index in [9.17, 15) is 8.78 Å². The van der Waals surface area contributed by atoms with Crippen LogP contribution in [0.2, 0.25) is 5.02 Å². The second-order valence-corrected chi connectivity index (χ2v) is 4.88. The molecule has 0 saturated heterocycles. The maximum Gasteiger partial charge on any atom is 0.198 e. The molecule has 0 aliphatic carbocycles. The van der Waals surface area contributed by atoms with Crippen LogP contribution in [0.25, 0.3) is 0 Å². The third kappa shape index (κ3) is 3.03. The predicted octanol–water partition coefficient (Wildman–Crippen LogP) is 5.04. The van der Waals surface area contributed by atoms with Crippen LogP contribution >= 0.6 is 27.5 Å². The van der Waals surface area contributed by atoms with Crippen molar-refractivity contribution in [3.05, 3.63) is 57.0 Å². The Labute approximate surface area is 121 Å². The molecular weight excluding hydrogens is 340 g/mol. The summed E-state index contributed by atoms with van der Waals surface area (Å²) < 4.78 is 33.1. The summed E-state index contributed by atoms with van der Waals surface area (Å²) in [4.78, 5) is 0. The van der Waals surface area contributed by atoms with E-state index in [1.807, 2.05) is 0 Å². The number of nitrogens with zero attached hydrogens (tertiary/aromatic N) is 1. The molecule has 2 aromatic carbocycles. The molecule has 0 aliphatic rings. The quantitative estimate of drug-likeness (QED) is 0.764. The van der Waals surface area contributed by atoms with Gasteiger partial charge in [0.2, 0.25) is 0 Å². The van der Waals surface area contributed by atoms with Crippen LogP contribution in [0.4, 0.5) is 8.78 Å². The zero-order chi connectivity index (χ0) is 14.0. The number of halogens is 4. The summed E-state index contributed by atoms with van der Waals surface area (Å²) >= 11 is 9.07. The van der Waals surface area contributed by atoms with Crippen LogP contribution in [0.1, 0.15) is 5.56 Å². The lowest BCUT2D eigenvalue weighted by Gasteiger charge is -2.10. The van der Waals surface area contributed by atoms with Crippen molar-refractivity contribution in [2.75, 3.05) is 0 Å². The Morgan fingerprint density at radius 2 is 1.79 bits per heavy atom. The van der Waals surface area contributed by atoms with Gasteiger partial charge in [-0.3, -0.25) is 0 Å². The summed E-state index contributed by atoms with van der Waals surface area (Å²) in [5.41, 5.74) is -0.123. The first-order valence-electron chi connectivity index (χ1n) is 5.03. The standard InChI is InChI=1S/C13H5BrClF2NO/c14-8-1-2-9(15)12(5-8)19-13-10(16)3-7(6-18)4-11(13)17/h1-5H. The van der Waals surface area contributed by atoms with Crippen molar-refractivity contribution in [1.82, 2.24) is 0 Å². The van der Waals surface area contributed by atoms with Gasteiger partial charge in [0.1, 0.15) is 5.75 Å². The van der Waals surface area contributed by atoms with Crippen LogP contribution in [0, 0.1) is 23.0 Å². The lowest BCUT2D eigenvalue weighted by molar-refractivity contribution is 0.407. The molecule has 0 aromatic heterocycles. The minimum atomic E-state index is -0.965. The first-order valence-corrected chi connectivity index (χ1v) is 6.20. The van der Waals surface area contributed by atoms with Gasteiger partial charge < -0.3 is 4.74 Å². The SMILES string of the molecule is N#Cc1cc(F)c(Oc2cc(Br)ccc2Cl)c(F)c1. The van der Waals surface area contributed by atoms with E-state index in [0.717, 1.165) is 12.1 Å². The summed E-state index contributed by atoms with van der Waals surface area (Å²) in [5.74, 6) is -2.42. The average Bonchev–Trinajstić information content (AvgIpc) is 2.37. The van der Waals surface area contributed by atoms with Crippen LogP contribution in [-0.2, 0) is 0 Å². The average molecular weight is 345 g/mol. The molecule has 0 spiro atoms. The number of rotatable bonds is 2. The molecule has 0 fully saturated rings. The van der Waals surface area contributed by atoms with E-state index in [1.165, 1.54) is 12.1 Å². The molecule has 0 N–H and O–H groups in total. The molecule has 2 nitrogen and oxygen atoms in total. The van der Waals surface area contributed by atoms with Gasteiger partial charge in [-0.1, -0.05) is 27.5 Å². The topological polar surface area (TPSA) is 33.0 Å². The maximum atomic E-state index is 13.6. The van der Waals surface area contributed by atoms with Gasteiger partial charge in [0, 0.05) is 4.47 Å². The Bertz CT molecular complexity index is 662. The molecule has 0 bridgehead atoms. The zero-order valence-corrected chi connectivity index (χ0v) is 11.6. The third-order valence-electron chi connectivity index (χ3n) is 2.23. The summed E-state index contributed by atoms with van der Waals surface area (Å²) in [6.45, 7) is 0. The van der Waals surface area contributed by atoms with Gasteiger partial charge in [-0.25, -0.2) is 8.78 Å². The zero-order valence-electron chi connectivity index (χ0n) is 9.25. The summed E-state index contributed by atoms with van der Waals surface area (Å²) in [7, 11) is 0. The lowest BCUT2D eigenvalue weighted by atomic mass is 10.2. The second-order valence-electron chi connectivity index (χ2n) is 3.56. The Hall–Kier alpha value is -1.64. The Balaban J connectivity index is 2.44. The Kier molecular flexibility index (Phi) is 4.03. The van der Waals surface area contributed by atoms with Gasteiger partial charge >= 0.3 is 0 Å². The smallest absolute Gasteiger partial charge is 0.198 e. The van der Waals surface area contributed by atoms with Crippen molar-refractivity contribution < 1.29 is 13.5 Å². The normalized spacial score (nSPS) is 10.1. The molecular formula is C13H5BrClF2NO. The molecule has 0 saturated carbocycles. The van der Waals surface area contributed by atoms with Crippen LogP contribution in [0.5, 0.6) is 11.5 Å². The van der Waals surface area contributed by atoms with Crippen LogP contribution in [0.15, 0.2) is 34.8 Å². The molecule has 0 unspecified atom stereocenters. The fourth-order valence-electron chi connectivity index (χ4n) is 1.39. The molecule has 0 radical (unpaired) electrons. The highest BCUT2D eigenvalue weighted by molar-refractivity contribution is 9.10. The van der Waals surface area contributed by atoms with E-state index in [-0.39, 0.29) is 16.3 Å². The van der Waals surface area contributed by atoms with E-state index >= 15 is 0 Å². The Morgan fingerprint density at radius 3 is 2.37 bits per heavy atom. The maximum absolute atomic E-state index is 13.6. The number of benzene rings is 2. The van der Waals surface area contributed by atoms with Crippen LogP contribution in [0.3, 0.4) is 0 Å². The monoisotopic (exact) mass is 343 g/mol. The number of hydrogen-bond donors (Lipinski definition) is 0. The largest absolute Gasteiger partial charge is 0.450 e. The molecule has 2 aromatic rings. The molecule has 0 heterocycles. The van der Waals surface area contributed by atoms with E-state index in [1.54, 1.807) is 12.1 Å². The minimum absolute atomic E-state index is 0.110. The summed E-state index contributed by atoms with van der Waals surface area (Å²) in [6.07, 6.45) is 0. The van der Waals surface area contributed by atoms with E-state index in [0.29, 0.717) is 4.47 Å². The van der Waals surface area contributed by atoms with Crippen molar-refractivity contribution in [2.45, 2.75) is 0 Å². The predicted molar refractivity (Wildman–Crippen MR) is 70.3 cm³/mol. The van der Waals surface area contributed by atoms with Crippen molar-refractivity contribution >= 4 is 27.5 Å². The van der Waals surface area contributed by atoms with Crippen molar-refractivity contribution in [2.24, 2.45) is 0 Å². The van der Waals surface area contributed by atoms with Crippen LogP contribution in [-0.4, -0.2) is 0 Å². The van der Waals surface area contributed by atoms with E-state index < -0.39 is 17.4 Å². The van der Waals surface area contributed by atoms with Gasteiger partial charge in [-0.15, -0.1) is 0 Å². The number of ether oxygens (including phenoxy) is 1. The first kappa shape index (κ1) is 13.8. The molecule has 0 aliphatic heterocycles. The highest BCUT2D eigenvalue weighted by Gasteiger charge is 2.15. The Morgan fingerprint density at radius 1 is 1.16 bits per heavy atom. The van der Waals surface area contributed by atoms with Gasteiger partial charge in [0.05, 0.1) is 16.7 Å². The summed E-state index contributed by atoms with van der Waals surface area (Å²) in [5, 5.41) is 8.81. The van der Waals surface area contributed by atoms with Crippen LogP contribution < -0.4 is 4.74 Å². The molecule has 19 heavy (non-hydrogen) atoms. The van der Waals surface area contributed by atoms with Gasteiger partial charge in [-0.05, 0) is 30.3 Å². The van der Waals surface area contributed by atoms with Crippen molar-refractivity contribution in [3.63, 3.8) is 0 Å². The van der Waals surface area contributed by atoms with Crippen molar-refractivity contribution in [1.29, 1.82) is 5.26 Å². The molecule has 96 valence electrons. The number of nitriles is 1. The van der Waals surface area contributed by atoms with Gasteiger partial charge in [0.25, 0.3) is 0 Å². The fraction of sp³-hybridized carbons (Fsp3) is 0. The minimum Gasteiger partial charge on any atom is -0.450 e. The molecule has 6 heteroatoms. The van der Waals surface area contributed by atoms with Crippen molar-refractivity contribution in [3.8, 4) is 17.6 Å². The second kappa shape index (κ2) is 5.55. The first-order chi connectivity index (χ1) is 9.01. The molecule has 0 atom stereocenters. The number of hydrogen-bond acceptors (Lipinski definition) is 2. The summed E-state index contributed by atoms with van der Waals surface area (Å²) in [6, 6.07) is 8.12. The van der Waals surface area contributed by atoms with E-state index in [4.69, 9.17) is 21.6 Å².